The molecule has 1 aromatic heterocycles. The number of carbonyl (C=O) groups excluding carboxylic acids is 1. The topological polar surface area (TPSA) is 29.5 Å². The van der Waals surface area contributed by atoms with Gasteiger partial charge in [-0.15, -0.1) is 11.3 Å². The van der Waals surface area contributed by atoms with Crippen molar-refractivity contribution in [3.8, 4) is 0 Å². The second kappa shape index (κ2) is 4.78. The van der Waals surface area contributed by atoms with E-state index in [-0.39, 0.29) is 12.0 Å². The number of ether oxygens (including phenoxy) is 1. The van der Waals surface area contributed by atoms with Crippen LogP contribution in [0.1, 0.15) is 35.4 Å². The number of thiophene rings is 1. The Bertz CT molecular complexity index is 388. The van der Waals surface area contributed by atoms with E-state index in [4.69, 9.17) is 4.74 Å². The molecule has 0 spiro atoms. The van der Waals surface area contributed by atoms with Crippen molar-refractivity contribution in [1.82, 2.24) is 4.90 Å². The lowest BCUT2D eigenvalue weighted by Gasteiger charge is -2.43. The molecule has 1 saturated heterocycles. The summed E-state index contributed by atoms with van der Waals surface area (Å²) in [4.78, 5) is 15.3. The Morgan fingerprint density at radius 2 is 2.29 bits per heavy atom. The van der Waals surface area contributed by atoms with Gasteiger partial charge < -0.3 is 9.64 Å². The van der Waals surface area contributed by atoms with E-state index < -0.39 is 0 Å². The second-order valence-electron chi connectivity index (χ2n) is 4.74. The van der Waals surface area contributed by atoms with Crippen molar-refractivity contribution in [3.05, 3.63) is 22.4 Å². The number of amides is 1. The Morgan fingerprint density at radius 3 is 3.12 bits per heavy atom. The molecule has 0 N–H and O–H groups in total. The van der Waals surface area contributed by atoms with Crippen molar-refractivity contribution in [1.29, 1.82) is 0 Å². The lowest BCUT2D eigenvalue weighted by atomic mass is 9.90. The van der Waals surface area contributed by atoms with Crippen LogP contribution in [0.3, 0.4) is 0 Å². The number of rotatable bonds is 1. The number of morpholine rings is 1. The van der Waals surface area contributed by atoms with Gasteiger partial charge >= 0.3 is 0 Å². The summed E-state index contributed by atoms with van der Waals surface area (Å²) in [6.45, 7) is 1.44. The van der Waals surface area contributed by atoms with E-state index >= 15 is 0 Å². The monoisotopic (exact) mass is 251 g/mol. The van der Waals surface area contributed by atoms with Gasteiger partial charge in [0.05, 0.1) is 23.6 Å². The van der Waals surface area contributed by atoms with Crippen LogP contribution in [0.4, 0.5) is 0 Å². The molecule has 2 fully saturated rings. The molecule has 2 heterocycles. The molecule has 0 unspecified atom stereocenters. The zero-order valence-electron chi connectivity index (χ0n) is 9.80. The Hall–Kier alpha value is -0.870. The maximum Gasteiger partial charge on any atom is 0.264 e. The quantitative estimate of drug-likeness (QED) is 0.767. The van der Waals surface area contributed by atoms with E-state index in [1.54, 1.807) is 0 Å². The van der Waals surface area contributed by atoms with Crippen LogP contribution < -0.4 is 0 Å². The average Bonchev–Trinajstić information content (AvgIpc) is 2.91. The summed E-state index contributed by atoms with van der Waals surface area (Å²) in [5.74, 6) is 0.195. The molecule has 0 radical (unpaired) electrons. The van der Waals surface area contributed by atoms with Crippen LogP contribution in [0, 0.1) is 0 Å². The zero-order chi connectivity index (χ0) is 11.7. The van der Waals surface area contributed by atoms with Gasteiger partial charge in [0.25, 0.3) is 5.91 Å². The molecule has 2 atom stereocenters. The van der Waals surface area contributed by atoms with Gasteiger partial charge in [-0.05, 0) is 24.3 Å². The van der Waals surface area contributed by atoms with Crippen LogP contribution in [0.5, 0.6) is 0 Å². The standard InChI is InChI=1S/C13H17NO2S/c15-13(12-6-3-9-17-12)14-7-8-16-11-5-2-1-4-10(11)14/h3,6,9-11H,1-2,4-5,7-8H2/t10-,11-/m1/s1. The smallest absolute Gasteiger partial charge is 0.264 e. The van der Waals surface area contributed by atoms with Crippen molar-refractivity contribution >= 4 is 17.2 Å². The predicted molar refractivity (Wildman–Crippen MR) is 67.4 cm³/mol. The van der Waals surface area contributed by atoms with Crippen molar-refractivity contribution in [2.75, 3.05) is 13.2 Å². The van der Waals surface area contributed by atoms with E-state index in [1.807, 2.05) is 22.4 Å². The van der Waals surface area contributed by atoms with Crippen LogP contribution >= 0.6 is 11.3 Å². The number of nitrogens with zero attached hydrogens (tertiary/aromatic N) is 1. The van der Waals surface area contributed by atoms with Crippen LogP contribution in [0.25, 0.3) is 0 Å². The minimum Gasteiger partial charge on any atom is -0.374 e. The van der Waals surface area contributed by atoms with Crippen molar-refractivity contribution in [2.45, 2.75) is 37.8 Å². The lowest BCUT2D eigenvalue weighted by Crippen LogP contribution is -2.54. The minimum atomic E-state index is 0.195. The second-order valence-corrected chi connectivity index (χ2v) is 5.68. The minimum absolute atomic E-state index is 0.195. The molecule has 0 bridgehead atoms. The maximum atomic E-state index is 12.4. The summed E-state index contributed by atoms with van der Waals surface area (Å²) >= 11 is 1.53. The van der Waals surface area contributed by atoms with Gasteiger partial charge in [-0.25, -0.2) is 0 Å². The third-order valence-corrected chi connectivity index (χ3v) is 4.58. The summed E-state index contributed by atoms with van der Waals surface area (Å²) in [7, 11) is 0. The van der Waals surface area contributed by atoms with E-state index in [0.717, 1.165) is 24.3 Å². The van der Waals surface area contributed by atoms with E-state index in [1.165, 1.54) is 24.2 Å². The molecule has 17 heavy (non-hydrogen) atoms. The highest BCUT2D eigenvalue weighted by Gasteiger charge is 2.37. The van der Waals surface area contributed by atoms with Crippen LogP contribution in [0.15, 0.2) is 17.5 Å². The molecule has 92 valence electrons. The van der Waals surface area contributed by atoms with Gasteiger partial charge in [0.15, 0.2) is 0 Å². The number of hydrogen-bond acceptors (Lipinski definition) is 3. The summed E-state index contributed by atoms with van der Waals surface area (Å²) in [5, 5.41) is 1.96. The molecule has 1 amide bonds. The first-order valence-electron chi connectivity index (χ1n) is 6.32. The summed E-state index contributed by atoms with van der Waals surface area (Å²) in [6, 6.07) is 4.17. The summed E-state index contributed by atoms with van der Waals surface area (Å²) < 4.78 is 5.79. The van der Waals surface area contributed by atoms with Gasteiger partial charge in [-0.2, -0.15) is 0 Å². The number of fused-ring (bicyclic) bond motifs is 1. The highest BCUT2D eigenvalue weighted by molar-refractivity contribution is 7.12. The Labute approximate surface area is 105 Å². The first-order chi connectivity index (χ1) is 8.36. The largest absolute Gasteiger partial charge is 0.374 e. The molecule has 1 aromatic rings. The molecule has 3 rings (SSSR count). The van der Waals surface area contributed by atoms with E-state index in [0.29, 0.717) is 12.6 Å². The highest BCUT2D eigenvalue weighted by atomic mass is 32.1. The Morgan fingerprint density at radius 1 is 1.41 bits per heavy atom. The first kappa shape index (κ1) is 11.2. The normalized spacial score (nSPS) is 28.8. The molecule has 1 aliphatic carbocycles. The fourth-order valence-electron chi connectivity index (χ4n) is 2.89. The number of carbonyl (C=O) groups is 1. The van der Waals surface area contributed by atoms with Crippen LogP contribution in [0.2, 0.25) is 0 Å². The molecule has 2 aliphatic rings. The highest BCUT2D eigenvalue weighted by Crippen LogP contribution is 2.29. The molecule has 0 aromatic carbocycles. The van der Waals surface area contributed by atoms with Crippen molar-refractivity contribution in [3.63, 3.8) is 0 Å². The fraction of sp³-hybridized carbons (Fsp3) is 0.615. The maximum absolute atomic E-state index is 12.4. The van der Waals surface area contributed by atoms with E-state index in [9.17, 15) is 4.79 Å². The average molecular weight is 251 g/mol. The molecule has 3 nitrogen and oxygen atoms in total. The van der Waals surface area contributed by atoms with Gasteiger partial charge in [-0.1, -0.05) is 18.9 Å². The summed E-state index contributed by atoms with van der Waals surface area (Å²) in [6.07, 6.45) is 4.95. The van der Waals surface area contributed by atoms with Gasteiger partial charge in [0.2, 0.25) is 0 Å². The lowest BCUT2D eigenvalue weighted by molar-refractivity contribution is -0.0751. The van der Waals surface area contributed by atoms with Crippen LogP contribution in [-0.2, 0) is 4.74 Å². The first-order valence-corrected chi connectivity index (χ1v) is 7.20. The zero-order valence-corrected chi connectivity index (χ0v) is 10.6. The molecule has 1 aliphatic heterocycles. The van der Waals surface area contributed by atoms with Crippen molar-refractivity contribution < 1.29 is 9.53 Å². The van der Waals surface area contributed by atoms with Crippen LogP contribution in [-0.4, -0.2) is 36.1 Å². The molecular weight excluding hydrogens is 234 g/mol. The summed E-state index contributed by atoms with van der Waals surface area (Å²) in [5.41, 5.74) is 0. The van der Waals surface area contributed by atoms with Crippen molar-refractivity contribution in [2.24, 2.45) is 0 Å². The third kappa shape index (κ3) is 2.11. The number of hydrogen-bond donors (Lipinski definition) is 0. The predicted octanol–water partition coefficient (Wildman–Crippen LogP) is 2.53. The van der Waals surface area contributed by atoms with Gasteiger partial charge in [0.1, 0.15) is 0 Å². The molecule has 1 saturated carbocycles. The molecule has 4 heteroatoms. The molecular formula is C13H17NO2S. The third-order valence-electron chi connectivity index (χ3n) is 3.72. The Balaban J connectivity index is 1.79. The Kier molecular flexibility index (Phi) is 3.16. The SMILES string of the molecule is O=C(c1cccs1)N1CCO[C@@H]2CCCC[C@H]21. The van der Waals surface area contributed by atoms with Gasteiger partial charge in [0, 0.05) is 6.54 Å². The van der Waals surface area contributed by atoms with Gasteiger partial charge in [-0.3, -0.25) is 4.79 Å². The fourth-order valence-corrected chi connectivity index (χ4v) is 3.57. The van der Waals surface area contributed by atoms with E-state index in [2.05, 4.69) is 0 Å².